The van der Waals surface area contributed by atoms with Crippen molar-refractivity contribution in [2.24, 2.45) is 11.7 Å². The molecule has 0 saturated heterocycles. The van der Waals surface area contributed by atoms with E-state index in [0.29, 0.717) is 5.92 Å². The number of nitrogens with two attached hydrogens (primary N) is 1. The van der Waals surface area contributed by atoms with Gasteiger partial charge in [-0.05, 0) is 98.4 Å². The zero-order valence-corrected chi connectivity index (χ0v) is 17.7. The molecule has 0 aromatic heterocycles. The number of ether oxygens (including phenoxy) is 1. The molecule has 0 radical (unpaired) electrons. The van der Waals surface area contributed by atoms with Crippen molar-refractivity contribution in [3.63, 3.8) is 0 Å². The van der Waals surface area contributed by atoms with E-state index in [-0.39, 0.29) is 12.1 Å². The molecule has 3 nitrogen and oxygen atoms in total. The zero-order valence-electron chi connectivity index (χ0n) is 17.7. The quantitative estimate of drug-likeness (QED) is 0.712. The van der Waals surface area contributed by atoms with Gasteiger partial charge in [0.05, 0.1) is 13.2 Å². The van der Waals surface area contributed by atoms with E-state index in [1.54, 1.807) is 0 Å². The third-order valence-corrected chi connectivity index (χ3v) is 7.09. The minimum atomic E-state index is -0.372. The van der Waals surface area contributed by atoms with Crippen LogP contribution in [0.25, 0.3) is 0 Å². The van der Waals surface area contributed by atoms with Crippen LogP contribution in [0.4, 0.5) is 0 Å². The Labute approximate surface area is 175 Å². The fourth-order valence-corrected chi connectivity index (χ4v) is 5.30. The molecule has 2 aliphatic rings. The van der Waals surface area contributed by atoms with E-state index in [4.69, 9.17) is 10.5 Å². The summed E-state index contributed by atoms with van der Waals surface area (Å²) in [6.07, 6.45) is 8.89. The summed E-state index contributed by atoms with van der Waals surface area (Å²) in [5.74, 6) is 2.30. The molecule has 156 valence electrons. The number of rotatable bonds is 7. The minimum absolute atomic E-state index is 0.0997. The van der Waals surface area contributed by atoms with Gasteiger partial charge < -0.3 is 15.6 Å². The van der Waals surface area contributed by atoms with Crippen LogP contribution in [0.5, 0.6) is 5.75 Å². The normalized spacial score (nSPS) is 26.3. The van der Waals surface area contributed by atoms with Crippen molar-refractivity contribution in [2.45, 2.75) is 69.7 Å². The second-order valence-electron chi connectivity index (χ2n) is 9.18. The second kappa shape index (κ2) is 8.89. The molecule has 2 aliphatic carbocycles. The fourth-order valence-electron chi connectivity index (χ4n) is 5.30. The monoisotopic (exact) mass is 393 g/mol. The first kappa shape index (κ1) is 20.4. The van der Waals surface area contributed by atoms with Gasteiger partial charge in [0.1, 0.15) is 5.75 Å². The molecule has 1 fully saturated rings. The first-order chi connectivity index (χ1) is 14.1. The Kier molecular flexibility index (Phi) is 6.26. The Morgan fingerprint density at radius 1 is 1.14 bits per heavy atom. The van der Waals surface area contributed by atoms with Crippen molar-refractivity contribution in [3.8, 4) is 5.75 Å². The first-order valence-corrected chi connectivity index (χ1v) is 11.3. The Hall–Kier alpha value is -1.84. The molecule has 0 heterocycles. The van der Waals surface area contributed by atoms with Crippen LogP contribution in [-0.2, 0) is 19.3 Å². The van der Waals surface area contributed by atoms with E-state index in [1.807, 2.05) is 6.92 Å². The molecular formula is C26H35NO2. The third kappa shape index (κ3) is 4.67. The van der Waals surface area contributed by atoms with Gasteiger partial charge in [-0.1, -0.05) is 36.4 Å². The van der Waals surface area contributed by atoms with Crippen LogP contribution in [0.2, 0.25) is 0 Å². The van der Waals surface area contributed by atoms with Crippen molar-refractivity contribution in [2.75, 3.05) is 13.2 Å². The van der Waals surface area contributed by atoms with Crippen molar-refractivity contribution in [3.05, 3.63) is 64.7 Å². The van der Waals surface area contributed by atoms with Gasteiger partial charge in [0.2, 0.25) is 0 Å². The van der Waals surface area contributed by atoms with Crippen molar-refractivity contribution in [1.29, 1.82) is 0 Å². The van der Waals surface area contributed by atoms with Gasteiger partial charge >= 0.3 is 0 Å². The molecule has 2 aromatic rings. The first-order valence-electron chi connectivity index (χ1n) is 11.3. The Bertz CT molecular complexity index is 833. The topological polar surface area (TPSA) is 55.5 Å². The highest BCUT2D eigenvalue weighted by Crippen LogP contribution is 2.41. The summed E-state index contributed by atoms with van der Waals surface area (Å²) < 4.78 is 5.79. The standard InChI is InChI=1S/C26H35NO2/c1-2-29-25-6-4-3-5-20(25)9-7-19-8-10-22-16-23(12-11-21(22)15-19)24-13-14-26(27,17-24)18-28/h3-6,11-12,16,19,24,28H,2,7-10,13-15,17-18,27H2,1H3/t19-,24-,26-/m1/s1. The van der Waals surface area contributed by atoms with Crippen LogP contribution in [0.1, 0.15) is 67.2 Å². The lowest BCUT2D eigenvalue weighted by molar-refractivity contribution is 0.198. The van der Waals surface area contributed by atoms with Crippen LogP contribution in [0, 0.1) is 5.92 Å². The van der Waals surface area contributed by atoms with Crippen molar-refractivity contribution >= 4 is 0 Å². The number of aliphatic hydroxyl groups is 1. The minimum Gasteiger partial charge on any atom is -0.494 e. The Morgan fingerprint density at radius 3 is 2.79 bits per heavy atom. The van der Waals surface area contributed by atoms with Crippen molar-refractivity contribution < 1.29 is 9.84 Å². The molecule has 0 aliphatic heterocycles. The average molecular weight is 394 g/mol. The van der Waals surface area contributed by atoms with Crippen LogP contribution >= 0.6 is 0 Å². The number of hydrogen-bond donors (Lipinski definition) is 2. The lowest BCUT2D eigenvalue weighted by Crippen LogP contribution is -2.40. The maximum atomic E-state index is 9.56. The molecule has 0 amide bonds. The SMILES string of the molecule is CCOc1ccccc1CC[C@@H]1CCc2cc([C@@H]3CC[C@](N)(CO)C3)ccc2C1. The molecule has 0 spiro atoms. The predicted octanol–water partition coefficient (Wildman–Crippen LogP) is 4.78. The smallest absolute Gasteiger partial charge is 0.122 e. The molecule has 4 rings (SSSR count). The number of para-hydroxylation sites is 1. The van der Waals surface area contributed by atoms with E-state index >= 15 is 0 Å². The third-order valence-electron chi connectivity index (χ3n) is 7.09. The summed E-state index contributed by atoms with van der Waals surface area (Å²) in [6.45, 7) is 2.87. The van der Waals surface area contributed by atoms with Gasteiger partial charge in [-0.15, -0.1) is 0 Å². The lowest BCUT2D eigenvalue weighted by Gasteiger charge is -2.26. The van der Waals surface area contributed by atoms with Gasteiger partial charge in [-0.2, -0.15) is 0 Å². The van der Waals surface area contributed by atoms with Gasteiger partial charge in [0.15, 0.2) is 0 Å². The zero-order chi connectivity index (χ0) is 20.3. The molecule has 3 N–H and O–H groups in total. The Balaban J connectivity index is 1.37. The summed E-state index contributed by atoms with van der Waals surface area (Å²) in [4.78, 5) is 0. The van der Waals surface area contributed by atoms with Crippen molar-refractivity contribution in [1.82, 2.24) is 0 Å². The number of fused-ring (bicyclic) bond motifs is 1. The second-order valence-corrected chi connectivity index (χ2v) is 9.18. The predicted molar refractivity (Wildman–Crippen MR) is 118 cm³/mol. The van der Waals surface area contributed by atoms with Crippen LogP contribution in [0.3, 0.4) is 0 Å². The highest BCUT2D eigenvalue weighted by molar-refractivity contribution is 5.37. The van der Waals surface area contributed by atoms with E-state index < -0.39 is 0 Å². The van der Waals surface area contributed by atoms with Gasteiger partial charge in [0.25, 0.3) is 0 Å². The molecule has 0 bridgehead atoms. The summed E-state index contributed by atoms with van der Waals surface area (Å²) in [5, 5.41) is 9.56. The van der Waals surface area contributed by atoms with E-state index in [0.717, 1.165) is 44.0 Å². The number of aryl methyl sites for hydroxylation is 2. The van der Waals surface area contributed by atoms with E-state index in [2.05, 4.69) is 42.5 Å². The Morgan fingerprint density at radius 2 is 2.00 bits per heavy atom. The molecule has 3 heteroatoms. The molecule has 0 unspecified atom stereocenters. The summed E-state index contributed by atoms with van der Waals surface area (Å²) in [7, 11) is 0. The average Bonchev–Trinajstić information content (AvgIpc) is 3.16. The van der Waals surface area contributed by atoms with Crippen LogP contribution in [-0.4, -0.2) is 23.9 Å². The largest absolute Gasteiger partial charge is 0.494 e. The highest BCUT2D eigenvalue weighted by atomic mass is 16.5. The number of hydrogen-bond acceptors (Lipinski definition) is 3. The van der Waals surface area contributed by atoms with Gasteiger partial charge in [-0.25, -0.2) is 0 Å². The molecule has 29 heavy (non-hydrogen) atoms. The fraction of sp³-hybridized carbons (Fsp3) is 0.538. The highest BCUT2D eigenvalue weighted by Gasteiger charge is 2.36. The van der Waals surface area contributed by atoms with Gasteiger partial charge in [-0.3, -0.25) is 0 Å². The maximum absolute atomic E-state index is 9.56. The van der Waals surface area contributed by atoms with Gasteiger partial charge in [0, 0.05) is 5.54 Å². The van der Waals surface area contributed by atoms with E-state index in [1.165, 1.54) is 47.9 Å². The maximum Gasteiger partial charge on any atom is 0.122 e. The summed E-state index contributed by atoms with van der Waals surface area (Å²) in [5.41, 5.74) is 11.7. The molecular weight excluding hydrogens is 358 g/mol. The summed E-state index contributed by atoms with van der Waals surface area (Å²) in [6, 6.07) is 15.6. The molecule has 1 saturated carbocycles. The molecule has 2 aromatic carbocycles. The number of benzene rings is 2. The summed E-state index contributed by atoms with van der Waals surface area (Å²) >= 11 is 0. The van der Waals surface area contributed by atoms with E-state index in [9.17, 15) is 5.11 Å². The van der Waals surface area contributed by atoms with Crippen LogP contribution < -0.4 is 10.5 Å². The lowest BCUT2D eigenvalue weighted by atomic mass is 9.79. The number of aliphatic hydroxyl groups excluding tert-OH is 1. The van der Waals surface area contributed by atoms with Crippen LogP contribution in [0.15, 0.2) is 42.5 Å². The molecule has 3 atom stereocenters.